The Kier molecular flexibility index (Phi) is 4.27. The molecule has 6 heteroatoms. The van der Waals surface area contributed by atoms with Crippen LogP contribution in [0.4, 0.5) is 4.39 Å². The van der Waals surface area contributed by atoms with Crippen molar-refractivity contribution in [3.05, 3.63) is 54.2 Å². The molecule has 22 heavy (non-hydrogen) atoms. The Morgan fingerprint density at radius 1 is 1.36 bits per heavy atom. The molecule has 1 unspecified atom stereocenters. The lowest BCUT2D eigenvalue weighted by Gasteiger charge is -2.32. The molecule has 0 saturated carbocycles. The summed E-state index contributed by atoms with van der Waals surface area (Å²) < 4.78 is 19.0. The molecule has 0 bridgehead atoms. The highest BCUT2D eigenvalue weighted by molar-refractivity contribution is 5.94. The van der Waals surface area contributed by atoms with Crippen molar-refractivity contribution in [2.45, 2.75) is 18.9 Å². The summed E-state index contributed by atoms with van der Waals surface area (Å²) in [4.78, 5) is 22.0. The SMILES string of the molecule is O=C(c1cccc(F)c1)N1CCCC(Oc2ccncn2)C1. The molecule has 0 spiro atoms. The Hall–Kier alpha value is -2.50. The Balaban J connectivity index is 1.66. The lowest BCUT2D eigenvalue weighted by Crippen LogP contribution is -2.44. The van der Waals surface area contributed by atoms with Crippen LogP contribution in [0.15, 0.2) is 42.9 Å². The van der Waals surface area contributed by atoms with Crippen LogP contribution >= 0.6 is 0 Å². The number of carbonyl (C=O) groups is 1. The second-order valence-corrected chi connectivity index (χ2v) is 5.19. The largest absolute Gasteiger partial charge is 0.472 e. The van der Waals surface area contributed by atoms with Gasteiger partial charge in [0.05, 0.1) is 6.54 Å². The molecule has 0 radical (unpaired) electrons. The Morgan fingerprint density at radius 2 is 2.27 bits per heavy atom. The van der Waals surface area contributed by atoms with Crippen LogP contribution in [0, 0.1) is 5.82 Å². The fraction of sp³-hybridized carbons (Fsp3) is 0.312. The molecule has 3 rings (SSSR count). The molecule has 1 aromatic heterocycles. The van der Waals surface area contributed by atoms with E-state index in [1.54, 1.807) is 29.3 Å². The second-order valence-electron chi connectivity index (χ2n) is 5.19. The summed E-state index contributed by atoms with van der Waals surface area (Å²) in [6, 6.07) is 7.44. The molecular weight excluding hydrogens is 285 g/mol. The number of hydrogen-bond donors (Lipinski definition) is 0. The molecule has 1 aliphatic rings. The van der Waals surface area contributed by atoms with E-state index in [9.17, 15) is 9.18 Å². The molecule has 1 aromatic carbocycles. The molecule has 2 heterocycles. The number of carbonyl (C=O) groups excluding carboxylic acids is 1. The van der Waals surface area contributed by atoms with E-state index in [1.165, 1.54) is 18.5 Å². The number of aromatic nitrogens is 2. The first-order valence-electron chi connectivity index (χ1n) is 7.20. The van der Waals surface area contributed by atoms with E-state index in [4.69, 9.17) is 4.74 Å². The Labute approximate surface area is 127 Å². The average molecular weight is 301 g/mol. The van der Waals surface area contributed by atoms with Crippen molar-refractivity contribution in [2.24, 2.45) is 0 Å². The number of halogens is 1. The lowest BCUT2D eigenvalue weighted by molar-refractivity contribution is 0.0527. The number of ether oxygens (including phenoxy) is 1. The van der Waals surface area contributed by atoms with Gasteiger partial charge in [0.25, 0.3) is 5.91 Å². The number of hydrogen-bond acceptors (Lipinski definition) is 4. The maximum absolute atomic E-state index is 13.2. The molecule has 2 aromatic rings. The summed E-state index contributed by atoms with van der Waals surface area (Å²) in [6.07, 6.45) is 4.63. The summed E-state index contributed by atoms with van der Waals surface area (Å²) in [5.74, 6) is -0.0767. The van der Waals surface area contributed by atoms with Crippen LogP contribution in [-0.4, -0.2) is 40.0 Å². The van der Waals surface area contributed by atoms with Crippen LogP contribution in [0.25, 0.3) is 0 Å². The fourth-order valence-electron chi connectivity index (χ4n) is 2.54. The van der Waals surface area contributed by atoms with Crippen molar-refractivity contribution in [1.29, 1.82) is 0 Å². The van der Waals surface area contributed by atoms with E-state index in [-0.39, 0.29) is 12.0 Å². The van der Waals surface area contributed by atoms with Gasteiger partial charge in [-0.25, -0.2) is 14.4 Å². The van der Waals surface area contributed by atoms with Crippen molar-refractivity contribution in [2.75, 3.05) is 13.1 Å². The van der Waals surface area contributed by atoms with Gasteiger partial charge in [0.15, 0.2) is 0 Å². The topological polar surface area (TPSA) is 55.3 Å². The monoisotopic (exact) mass is 301 g/mol. The van der Waals surface area contributed by atoms with E-state index in [0.717, 1.165) is 12.8 Å². The maximum Gasteiger partial charge on any atom is 0.254 e. The van der Waals surface area contributed by atoms with E-state index < -0.39 is 5.82 Å². The van der Waals surface area contributed by atoms with Crippen LogP contribution in [0.1, 0.15) is 23.2 Å². The average Bonchev–Trinajstić information content (AvgIpc) is 2.55. The van der Waals surface area contributed by atoms with Gasteiger partial charge < -0.3 is 9.64 Å². The summed E-state index contributed by atoms with van der Waals surface area (Å²) >= 11 is 0. The lowest BCUT2D eigenvalue weighted by atomic mass is 10.1. The smallest absolute Gasteiger partial charge is 0.254 e. The first-order chi connectivity index (χ1) is 10.7. The molecule has 1 atom stereocenters. The van der Waals surface area contributed by atoms with Crippen molar-refractivity contribution in [1.82, 2.24) is 14.9 Å². The van der Waals surface area contributed by atoms with Gasteiger partial charge >= 0.3 is 0 Å². The molecular formula is C16H16FN3O2. The normalized spacial score (nSPS) is 18.0. The molecule has 114 valence electrons. The first kappa shape index (κ1) is 14.4. The maximum atomic E-state index is 13.2. The van der Waals surface area contributed by atoms with Crippen LogP contribution in [0.5, 0.6) is 5.88 Å². The van der Waals surface area contributed by atoms with Crippen molar-refractivity contribution in [3.8, 4) is 5.88 Å². The highest BCUT2D eigenvalue weighted by Gasteiger charge is 2.26. The third-order valence-corrected chi connectivity index (χ3v) is 3.58. The van der Waals surface area contributed by atoms with E-state index in [2.05, 4.69) is 9.97 Å². The van der Waals surface area contributed by atoms with Crippen LogP contribution in [-0.2, 0) is 0 Å². The van der Waals surface area contributed by atoms with Crippen molar-refractivity contribution >= 4 is 5.91 Å². The summed E-state index contributed by atoms with van der Waals surface area (Å²) in [7, 11) is 0. The Bertz CT molecular complexity index is 651. The summed E-state index contributed by atoms with van der Waals surface area (Å²) in [5.41, 5.74) is 0.364. The van der Waals surface area contributed by atoms with Gasteiger partial charge in [-0.1, -0.05) is 6.07 Å². The Morgan fingerprint density at radius 3 is 3.05 bits per heavy atom. The van der Waals surface area contributed by atoms with Gasteiger partial charge in [0.2, 0.25) is 5.88 Å². The van der Waals surface area contributed by atoms with E-state index in [0.29, 0.717) is 24.5 Å². The van der Waals surface area contributed by atoms with Gasteiger partial charge in [-0.2, -0.15) is 0 Å². The van der Waals surface area contributed by atoms with Gasteiger partial charge in [-0.15, -0.1) is 0 Å². The second kappa shape index (κ2) is 6.51. The summed E-state index contributed by atoms with van der Waals surface area (Å²) in [6.45, 7) is 1.12. The zero-order valence-corrected chi connectivity index (χ0v) is 12.0. The number of nitrogens with zero attached hydrogens (tertiary/aromatic N) is 3. The van der Waals surface area contributed by atoms with Crippen LogP contribution < -0.4 is 4.74 Å². The zero-order chi connectivity index (χ0) is 15.4. The first-order valence-corrected chi connectivity index (χ1v) is 7.20. The molecule has 5 nitrogen and oxygen atoms in total. The van der Waals surface area contributed by atoms with Gasteiger partial charge in [-0.05, 0) is 31.0 Å². The van der Waals surface area contributed by atoms with E-state index >= 15 is 0 Å². The number of likely N-dealkylation sites (tertiary alicyclic amines) is 1. The molecule has 1 saturated heterocycles. The van der Waals surface area contributed by atoms with Gasteiger partial charge in [0, 0.05) is 24.4 Å². The number of rotatable bonds is 3. The molecule has 1 fully saturated rings. The minimum Gasteiger partial charge on any atom is -0.472 e. The quantitative estimate of drug-likeness (QED) is 0.873. The van der Waals surface area contributed by atoms with Crippen LogP contribution in [0.2, 0.25) is 0 Å². The molecule has 1 amide bonds. The van der Waals surface area contributed by atoms with Gasteiger partial charge in [0.1, 0.15) is 18.2 Å². The number of benzene rings is 1. The third kappa shape index (κ3) is 3.39. The predicted molar refractivity (Wildman–Crippen MR) is 78.0 cm³/mol. The highest BCUT2D eigenvalue weighted by Crippen LogP contribution is 2.18. The molecule has 0 N–H and O–H groups in total. The number of amides is 1. The predicted octanol–water partition coefficient (Wildman–Crippen LogP) is 2.30. The third-order valence-electron chi connectivity index (χ3n) is 3.58. The van der Waals surface area contributed by atoms with Crippen LogP contribution in [0.3, 0.4) is 0 Å². The fourth-order valence-corrected chi connectivity index (χ4v) is 2.54. The summed E-state index contributed by atoms with van der Waals surface area (Å²) in [5, 5.41) is 0. The zero-order valence-electron chi connectivity index (χ0n) is 12.0. The highest BCUT2D eigenvalue weighted by atomic mass is 19.1. The van der Waals surface area contributed by atoms with Crippen molar-refractivity contribution in [3.63, 3.8) is 0 Å². The minimum absolute atomic E-state index is 0.110. The minimum atomic E-state index is -0.406. The van der Waals surface area contributed by atoms with Crippen molar-refractivity contribution < 1.29 is 13.9 Å². The van der Waals surface area contributed by atoms with Gasteiger partial charge in [-0.3, -0.25) is 4.79 Å². The molecule has 0 aliphatic carbocycles. The number of piperidine rings is 1. The standard InChI is InChI=1S/C16H16FN3O2/c17-13-4-1-3-12(9-13)16(21)20-8-2-5-14(10-20)22-15-6-7-18-11-19-15/h1,3-4,6-7,9,11,14H,2,5,8,10H2. The molecule has 1 aliphatic heterocycles. The van der Waals surface area contributed by atoms with E-state index in [1.807, 2.05) is 0 Å².